The van der Waals surface area contributed by atoms with Gasteiger partial charge in [0.05, 0.1) is 22.4 Å². The summed E-state index contributed by atoms with van der Waals surface area (Å²) in [5.74, 6) is 0. The zero-order valence-electron chi connectivity index (χ0n) is 17.2. The number of hydrogen-bond acceptors (Lipinski definition) is 4. The third-order valence-electron chi connectivity index (χ3n) is 5.69. The van der Waals surface area contributed by atoms with Gasteiger partial charge in [-0.1, -0.05) is 53.0 Å². The van der Waals surface area contributed by atoms with Gasteiger partial charge in [-0.25, -0.2) is 0 Å². The maximum absolute atomic E-state index is 11.1. The first-order valence-electron chi connectivity index (χ1n) is 10.2. The SMILES string of the molecule is C[C@](O)(CN1CCN(c2ccc(Cl)cc2Cl)[C@H](c2ccc(Cl)cc2)C1)c1ccccn1. The van der Waals surface area contributed by atoms with Crippen molar-refractivity contribution in [1.82, 2.24) is 9.88 Å². The number of nitrogens with zero attached hydrogens (tertiary/aromatic N) is 3. The van der Waals surface area contributed by atoms with E-state index >= 15 is 0 Å². The number of β-amino-alcohol motifs (C(OH)–C–C–N with tert-alkyl or cyclic N) is 1. The van der Waals surface area contributed by atoms with Gasteiger partial charge in [0.15, 0.2) is 0 Å². The summed E-state index contributed by atoms with van der Waals surface area (Å²) >= 11 is 18.8. The van der Waals surface area contributed by atoms with Gasteiger partial charge in [-0.15, -0.1) is 0 Å². The van der Waals surface area contributed by atoms with Crippen LogP contribution in [-0.4, -0.2) is 41.2 Å². The Kier molecular flexibility index (Phi) is 6.75. The molecule has 162 valence electrons. The first-order chi connectivity index (χ1) is 14.8. The van der Waals surface area contributed by atoms with Gasteiger partial charge in [-0.2, -0.15) is 0 Å². The predicted molar refractivity (Wildman–Crippen MR) is 128 cm³/mol. The highest BCUT2D eigenvalue weighted by atomic mass is 35.5. The molecule has 1 aliphatic heterocycles. The van der Waals surface area contributed by atoms with Gasteiger partial charge >= 0.3 is 0 Å². The third kappa shape index (κ3) is 5.16. The Morgan fingerprint density at radius 1 is 1.00 bits per heavy atom. The summed E-state index contributed by atoms with van der Waals surface area (Å²) in [6.45, 7) is 4.56. The topological polar surface area (TPSA) is 39.6 Å². The molecule has 0 aliphatic carbocycles. The van der Waals surface area contributed by atoms with Crippen molar-refractivity contribution in [1.29, 1.82) is 0 Å². The van der Waals surface area contributed by atoms with Crippen molar-refractivity contribution in [2.75, 3.05) is 31.1 Å². The minimum absolute atomic E-state index is 0.0456. The largest absolute Gasteiger partial charge is 0.382 e. The first-order valence-corrected chi connectivity index (χ1v) is 11.3. The molecular formula is C24H24Cl3N3O. The molecule has 0 saturated carbocycles. The van der Waals surface area contributed by atoms with Gasteiger partial charge in [-0.3, -0.25) is 9.88 Å². The van der Waals surface area contributed by atoms with Crippen molar-refractivity contribution in [2.45, 2.75) is 18.6 Å². The Morgan fingerprint density at radius 3 is 2.42 bits per heavy atom. The molecule has 0 bridgehead atoms. The lowest BCUT2D eigenvalue weighted by atomic mass is 9.97. The molecule has 1 saturated heterocycles. The average molecular weight is 477 g/mol. The maximum atomic E-state index is 11.1. The molecule has 0 amide bonds. The summed E-state index contributed by atoms with van der Waals surface area (Å²) in [4.78, 5) is 8.93. The smallest absolute Gasteiger partial charge is 0.116 e. The number of aliphatic hydroxyl groups is 1. The Bertz CT molecular complexity index is 1030. The quantitative estimate of drug-likeness (QED) is 0.504. The van der Waals surface area contributed by atoms with Crippen LogP contribution in [0.1, 0.15) is 24.2 Å². The van der Waals surface area contributed by atoms with Gasteiger partial charge < -0.3 is 10.0 Å². The van der Waals surface area contributed by atoms with Crippen LogP contribution in [0.2, 0.25) is 15.1 Å². The van der Waals surface area contributed by atoms with Gasteiger partial charge in [0.25, 0.3) is 0 Å². The van der Waals surface area contributed by atoms with Gasteiger partial charge in [0, 0.05) is 42.4 Å². The second-order valence-electron chi connectivity index (χ2n) is 8.08. The second-order valence-corrected chi connectivity index (χ2v) is 9.36. The number of piperazine rings is 1. The summed E-state index contributed by atoms with van der Waals surface area (Å²) in [7, 11) is 0. The van der Waals surface area contributed by atoms with Gasteiger partial charge in [-0.05, 0) is 55.0 Å². The van der Waals surface area contributed by atoms with Crippen LogP contribution in [-0.2, 0) is 5.60 Å². The van der Waals surface area contributed by atoms with Crippen molar-refractivity contribution in [3.8, 4) is 0 Å². The zero-order chi connectivity index (χ0) is 22.0. The van der Waals surface area contributed by atoms with Gasteiger partial charge in [0.2, 0.25) is 0 Å². The highest BCUT2D eigenvalue weighted by molar-refractivity contribution is 6.36. The number of pyridine rings is 1. The Balaban J connectivity index is 1.62. The fraction of sp³-hybridized carbons (Fsp3) is 0.292. The molecule has 31 heavy (non-hydrogen) atoms. The van der Waals surface area contributed by atoms with Crippen LogP contribution in [0.15, 0.2) is 66.9 Å². The molecule has 0 radical (unpaired) electrons. The van der Waals surface area contributed by atoms with Gasteiger partial charge in [0.1, 0.15) is 5.60 Å². The van der Waals surface area contributed by atoms with Crippen LogP contribution in [0.3, 0.4) is 0 Å². The highest BCUT2D eigenvalue weighted by Gasteiger charge is 2.34. The molecule has 2 aromatic carbocycles. The molecule has 3 aromatic rings. The lowest BCUT2D eigenvalue weighted by Gasteiger charge is -2.45. The van der Waals surface area contributed by atoms with Crippen LogP contribution < -0.4 is 4.90 Å². The van der Waals surface area contributed by atoms with Crippen molar-refractivity contribution in [3.05, 3.63) is 93.2 Å². The fourth-order valence-electron chi connectivity index (χ4n) is 4.15. The maximum Gasteiger partial charge on any atom is 0.116 e. The number of benzene rings is 2. The Hall–Kier alpha value is -1.82. The monoisotopic (exact) mass is 475 g/mol. The molecule has 0 spiro atoms. The molecule has 2 heterocycles. The summed E-state index contributed by atoms with van der Waals surface area (Å²) in [6.07, 6.45) is 1.71. The van der Waals surface area contributed by atoms with Crippen LogP contribution in [0.25, 0.3) is 0 Å². The highest BCUT2D eigenvalue weighted by Crippen LogP contribution is 2.37. The predicted octanol–water partition coefficient (Wildman–Crippen LogP) is 5.81. The van der Waals surface area contributed by atoms with E-state index in [4.69, 9.17) is 34.8 Å². The van der Waals surface area contributed by atoms with E-state index in [0.717, 1.165) is 30.9 Å². The van der Waals surface area contributed by atoms with Crippen LogP contribution in [0.5, 0.6) is 0 Å². The second kappa shape index (κ2) is 9.35. The molecule has 1 N–H and O–H groups in total. The molecule has 4 rings (SSSR count). The van der Waals surface area contributed by atoms with Crippen LogP contribution in [0, 0.1) is 0 Å². The molecule has 4 nitrogen and oxygen atoms in total. The summed E-state index contributed by atoms with van der Waals surface area (Å²) in [5.41, 5.74) is 1.70. The summed E-state index contributed by atoms with van der Waals surface area (Å²) in [6, 6.07) is 19.2. The fourth-order valence-corrected chi connectivity index (χ4v) is 4.80. The van der Waals surface area contributed by atoms with E-state index < -0.39 is 5.60 Å². The van der Waals surface area contributed by atoms with Crippen molar-refractivity contribution >= 4 is 40.5 Å². The molecule has 2 atom stereocenters. The number of rotatable bonds is 5. The zero-order valence-corrected chi connectivity index (χ0v) is 19.4. The lowest BCUT2D eigenvalue weighted by molar-refractivity contribution is 0.00678. The van der Waals surface area contributed by atoms with E-state index in [-0.39, 0.29) is 6.04 Å². The summed E-state index contributed by atoms with van der Waals surface area (Å²) in [5, 5.41) is 13.1. The average Bonchev–Trinajstić information content (AvgIpc) is 2.75. The minimum atomic E-state index is -1.05. The molecule has 1 fully saturated rings. The minimum Gasteiger partial charge on any atom is -0.382 e. The number of anilines is 1. The molecule has 0 unspecified atom stereocenters. The molecule has 1 aromatic heterocycles. The van der Waals surface area contributed by atoms with E-state index in [1.54, 1.807) is 12.3 Å². The normalized spacial score (nSPS) is 19.3. The van der Waals surface area contributed by atoms with E-state index in [9.17, 15) is 5.11 Å². The van der Waals surface area contributed by atoms with E-state index in [2.05, 4.69) is 14.8 Å². The standard InChI is InChI=1S/C24H24Cl3N3O/c1-24(31,23-4-2-3-11-28-23)16-29-12-13-30(21-10-9-19(26)14-20(21)27)22(15-29)17-5-7-18(25)8-6-17/h2-11,14,22,31H,12-13,15-16H2,1H3/t22-,24-/m0/s1. The Morgan fingerprint density at radius 2 is 1.74 bits per heavy atom. The van der Waals surface area contributed by atoms with E-state index in [0.29, 0.717) is 27.3 Å². The van der Waals surface area contributed by atoms with Crippen molar-refractivity contribution < 1.29 is 5.11 Å². The third-order valence-corrected chi connectivity index (χ3v) is 6.48. The number of halogens is 3. The number of hydrogen-bond donors (Lipinski definition) is 1. The summed E-state index contributed by atoms with van der Waals surface area (Å²) < 4.78 is 0. The number of aromatic nitrogens is 1. The van der Waals surface area contributed by atoms with Crippen molar-refractivity contribution in [2.24, 2.45) is 0 Å². The molecule has 7 heteroatoms. The van der Waals surface area contributed by atoms with E-state index in [1.807, 2.05) is 61.5 Å². The molecule has 1 aliphatic rings. The lowest BCUT2D eigenvalue weighted by Crippen LogP contribution is -2.52. The molecular weight excluding hydrogens is 453 g/mol. The van der Waals surface area contributed by atoms with Crippen LogP contribution >= 0.6 is 34.8 Å². The van der Waals surface area contributed by atoms with Crippen LogP contribution in [0.4, 0.5) is 5.69 Å². The Labute approximate surface area is 198 Å². The van der Waals surface area contributed by atoms with E-state index in [1.165, 1.54) is 0 Å². The van der Waals surface area contributed by atoms with Crippen molar-refractivity contribution in [3.63, 3.8) is 0 Å². The first kappa shape index (κ1) is 22.4.